The summed E-state index contributed by atoms with van der Waals surface area (Å²) in [5, 5.41) is 3.27. The van der Waals surface area contributed by atoms with Gasteiger partial charge in [-0.15, -0.1) is 0 Å². The lowest BCUT2D eigenvalue weighted by atomic mass is 9.94. The van der Waals surface area contributed by atoms with Gasteiger partial charge in [-0.3, -0.25) is 9.59 Å². The van der Waals surface area contributed by atoms with Crippen molar-refractivity contribution >= 4 is 11.8 Å². The van der Waals surface area contributed by atoms with Crippen molar-refractivity contribution in [2.45, 2.75) is 51.0 Å². The highest BCUT2D eigenvalue weighted by Crippen LogP contribution is 2.23. The number of rotatable bonds is 2. The van der Waals surface area contributed by atoms with E-state index in [1.165, 1.54) is 6.42 Å². The summed E-state index contributed by atoms with van der Waals surface area (Å²) in [6.07, 6.45) is 7.30. The van der Waals surface area contributed by atoms with E-state index in [4.69, 9.17) is 0 Å². The molecule has 3 heterocycles. The highest BCUT2D eigenvalue weighted by Gasteiger charge is 2.33. The van der Waals surface area contributed by atoms with Crippen LogP contribution in [0.3, 0.4) is 0 Å². The number of nitrogens with zero attached hydrogens (tertiary/aromatic N) is 2. The number of hydrogen-bond acceptors (Lipinski definition) is 3. The fraction of sp³-hybridized carbons (Fsp3) is 0.875. The Morgan fingerprint density at radius 3 is 2.05 bits per heavy atom. The van der Waals surface area contributed by atoms with Crippen LogP contribution in [0.15, 0.2) is 0 Å². The molecule has 0 radical (unpaired) electrons. The van der Waals surface area contributed by atoms with Crippen molar-refractivity contribution in [3.8, 4) is 0 Å². The molecule has 1 N–H and O–H groups in total. The Morgan fingerprint density at radius 1 is 0.762 bits per heavy atom. The van der Waals surface area contributed by atoms with E-state index in [2.05, 4.69) is 5.32 Å². The number of carbonyl (C=O) groups excluding carboxylic acids is 2. The molecule has 21 heavy (non-hydrogen) atoms. The largest absolute Gasteiger partial charge is 0.342 e. The zero-order chi connectivity index (χ0) is 14.7. The number of amides is 2. The van der Waals surface area contributed by atoms with Gasteiger partial charge < -0.3 is 15.1 Å². The normalized spacial score (nSPS) is 27.9. The van der Waals surface area contributed by atoms with Gasteiger partial charge in [0.05, 0.1) is 6.04 Å². The molecule has 2 amide bonds. The average Bonchev–Trinajstić information content (AvgIpc) is 3.09. The zero-order valence-corrected chi connectivity index (χ0v) is 12.9. The molecule has 3 rings (SSSR count). The van der Waals surface area contributed by atoms with Gasteiger partial charge >= 0.3 is 0 Å². The van der Waals surface area contributed by atoms with Crippen LogP contribution < -0.4 is 5.32 Å². The maximum Gasteiger partial charge on any atom is 0.239 e. The molecule has 0 bridgehead atoms. The van der Waals surface area contributed by atoms with E-state index in [1.54, 1.807) is 0 Å². The van der Waals surface area contributed by atoms with Crippen molar-refractivity contribution in [3.05, 3.63) is 0 Å². The van der Waals surface area contributed by atoms with Crippen molar-refractivity contribution in [2.75, 3.05) is 32.7 Å². The van der Waals surface area contributed by atoms with Gasteiger partial charge in [0, 0.05) is 32.1 Å². The van der Waals surface area contributed by atoms with Crippen LogP contribution in [0.2, 0.25) is 0 Å². The van der Waals surface area contributed by atoms with Crippen LogP contribution >= 0.6 is 0 Å². The van der Waals surface area contributed by atoms with E-state index in [1.807, 2.05) is 9.80 Å². The topological polar surface area (TPSA) is 52.7 Å². The van der Waals surface area contributed by atoms with Crippen LogP contribution in [-0.4, -0.2) is 60.4 Å². The zero-order valence-electron chi connectivity index (χ0n) is 12.9. The molecule has 0 saturated carbocycles. The maximum absolute atomic E-state index is 12.5. The summed E-state index contributed by atoms with van der Waals surface area (Å²) in [6, 6.07) is 0.0272. The van der Waals surface area contributed by atoms with E-state index in [0.717, 1.165) is 71.2 Å². The quantitative estimate of drug-likeness (QED) is 0.826. The molecule has 3 aliphatic rings. The van der Waals surface area contributed by atoms with Gasteiger partial charge in [0.2, 0.25) is 11.8 Å². The first-order valence-corrected chi connectivity index (χ1v) is 8.56. The van der Waals surface area contributed by atoms with Crippen LogP contribution in [0.1, 0.15) is 44.9 Å². The molecule has 0 aromatic heterocycles. The Balaban J connectivity index is 1.48. The van der Waals surface area contributed by atoms with Crippen molar-refractivity contribution in [1.29, 1.82) is 0 Å². The summed E-state index contributed by atoms with van der Waals surface area (Å²) in [6.45, 7) is 4.33. The molecule has 1 unspecified atom stereocenters. The molecular formula is C16H27N3O2. The highest BCUT2D eigenvalue weighted by atomic mass is 16.2. The second kappa shape index (κ2) is 6.77. The number of piperidine rings is 2. The summed E-state index contributed by atoms with van der Waals surface area (Å²) in [5.41, 5.74) is 0. The lowest BCUT2D eigenvalue weighted by Crippen LogP contribution is -2.49. The summed E-state index contributed by atoms with van der Waals surface area (Å²) in [5.74, 6) is 0.723. The Bertz CT molecular complexity index is 379. The second-order valence-electron chi connectivity index (χ2n) is 6.63. The molecule has 0 aliphatic carbocycles. The molecule has 3 aliphatic heterocycles. The molecule has 0 spiro atoms. The van der Waals surface area contributed by atoms with Gasteiger partial charge in [-0.25, -0.2) is 0 Å². The maximum atomic E-state index is 12.5. The van der Waals surface area contributed by atoms with Crippen molar-refractivity contribution in [3.63, 3.8) is 0 Å². The Hall–Kier alpha value is -1.10. The van der Waals surface area contributed by atoms with Gasteiger partial charge in [0.15, 0.2) is 0 Å². The van der Waals surface area contributed by atoms with Crippen LogP contribution in [0, 0.1) is 5.92 Å². The molecule has 3 saturated heterocycles. The Kier molecular flexibility index (Phi) is 4.78. The number of likely N-dealkylation sites (tertiary alicyclic amines) is 2. The summed E-state index contributed by atoms with van der Waals surface area (Å²) < 4.78 is 0. The molecular weight excluding hydrogens is 266 g/mol. The molecule has 0 aromatic rings. The van der Waals surface area contributed by atoms with Gasteiger partial charge in [-0.1, -0.05) is 0 Å². The lowest BCUT2D eigenvalue weighted by molar-refractivity contribution is -0.142. The lowest BCUT2D eigenvalue weighted by Gasteiger charge is -2.36. The smallest absolute Gasteiger partial charge is 0.239 e. The molecule has 5 heteroatoms. The predicted octanol–water partition coefficient (Wildman–Crippen LogP) is 0.989. The fourth-order valence-corrected chi connectivity index (χ4v) is 3.84. The number of carbonyl (C=O) groups is 2. The Labute approximate surface area is 127 Å². The minimum atomic E-state index is 0.0272. The minimum Gasteiger partial charge on any atom is -0.342 e. The van der Waals surface area contributed by atoms with Crippen LogP contribution in [0.25, 0.3) is 0 Å². The predicted molar refractivity (Wildman–Crippen MR) is 80.8 cm³/mol. The SMILES string of the molecule is O=C(C1CCN(C(=O)C2CCCN2)CC1)N1CCCCC1. The van der Waals surface area contributed by atoms with Crippen molar-refractivity contribution in [1.82, 2.24) is 15.1 Å². The van der Waals surface area contributed by atoms with Crippen molar-refractivity contribution < 1.29 is 9.59 Å². The minimum absolute atomic E-state index is 0.0272. The first-order chi connectivity index (χ1) is 10.3. The van der Waals surface area contributed by atoms with Gasteiger partial charge in [0.1, 0.15) is 0 Å². The van der Waals surface area contributed by atoms with Gasteiger partial charge in [-0.05, 0) is 51.5 Å². The third-order valence-corrected chi connectivity index (χ3v) is 5.18. The average molecular weight is 293 g/mol. The molecule has 1 atom stereocenters. The summed E-state index contributed by atoms with van der Waals surface area (Å²) >= 11 is 0. The van der Waals surface area contributed by atoms with E-state index in [-0.39, 0.29) is 17.9 Å². The highest BCUT2D eigenvalue weighted by molar-refractivity contribution is 5.83. The molecule has 3 fully saturated rings. The van der Waals surface area contributed by atoms with E-state index in [9.17, 15) is 9.59 Å². The summed E-state index contributed by atoms with van der Waals surface area (Å²) in [7, 11) is 0. The third-order valence-electron chi connectivity index (χ3n) is 5.18. The van der Waals surface area contributed by atoms with E-state index < -0.39 is 0 Å². The first kappa shape index (κ1) is 14.8. The van der Waals surface area contributed by atoms with Crippen LogP contribution in [0.5, 0.6) is 0 Å². The van der Waals surface area contributed by atoms with Crippen molar-refractivity contribution in [2.24, 2.45) is 5.92 Å². The monoisotopic (exact) mass is 293 g/mol. The second-order valence-corrected chi connectivity index (χ2v) is 6.63. The van der Waals surface area contributed by atoms with Crippen LogP contribution in [-0.2, 0) is 9.59 Å². The van der Waals surface area contributed by atoms with Crippen LogP contribution in [0.4, 0.5) is 0 Å². The summed E-state index contributed by atoms with van der Waals surface area (Å²) in [4.78, 5) is 28.8. The van der Waals surface area contributed by atoms with E-state index >= 15 is 0 Å². The molecule has 118 valence electrons. The van der Waals surface area contributed by atoms with Gasteiger partial charge in [-0.2, -0.15) is 0 Å². The van der Waals surface area contributed by atoms with Gasteiger partial charge in [0.25, 0.3) is 0 Å². The standard InChI is InChI=1S/C16H27N3O2/c20-15(18-9-2-1-3-10-18)13-6-11-19(12-7-13)16(21)14-5-4-8-17-14/h13-14,17H,1-12H2. The Morgan fingerprint density at radius 2 is 1.43 bits per heavy atom. The molecule has 5 nitrogen and oxygen atoms in total. The van der Waals surface area contributed by atoms with E-state index in [0.29, 0.717) is 5.91 Å². The fourth-order valence-electron chi connectivity index (χ4n) is 3.84. The third kappa shape index (κ3) is 3.39. The first-order valence-electron chi connectivity index (χ1n) is 8.56. The number of nitrogens with one attached hydrogen (secondary N) is 1. The number of hydrogen-bond donors (Lipinski definition) is 1. The molecule has 0 aromatic carbocycles.